The van der Waals surface area contributed by atoms with Gasteiger partial charge in [-0.05, 0) is 0 Å². The molecule has 0 bridgehead atoms. The Balaban J connectivity index is 1.46. The molecule has 2 aromatic carbocycles. The third-order valence-electron chi connectivity index (χ3n) is 2.92. The quantitative estimate of drug-likeness (QED) is 0.815. The summed E-state index contributed by atoms with van der Waals surface area (Å²) in [6.07, 6.45) is 0. The lowest BCUT2D eigenvalue weighted by Gasteiger charge is -2.02. The number of hydrogen-bond donors (Lipinski definition) is 0. The van der Waals surface area contributed by atoms with Crippen LogP contribution in [-0.2, 0) is 0 Å². The van der Waals surface area contributed by atoms with Crippen molar-refractivity contribution in [1.82, 2.24) is 10.2 Å². The van der Waals surface area contributed by atoms with Gasteiger partial charge in [0.15, 0.2) is 0 Å². The standard InChI is InChI=1S/C14H10N4/c1-3-7-11(8-4-1)13-15-17(13)18-14(16-18)12-9-5-2-6-10-12/h1-10H. The Labute approximate surface area is 104 Å². The summed E-state index contributed by atoms with van der Waals surface area (Å²) in [5.74, 6) is 1.93. The molecular weight excluding hydrogens is 224 g/mol. The molecule has 0 amide bonds. The summed E-state index contributed by atoms with van der Waals surface area (Å²) in [4.78, 5) is 0. The maximum Gasteiger partial charge on any atom is 0.203 e. The van der Waals surface area contributed by atoms with E-state index in [-0.39, 0.29) is 0 Å². The molecule has 0 N–H and O–H groups in total. The predicted molar refractivity (Wildman–Crippen MR) is 69.6 cm³/mol. The molecule has 4 rings (SSSR count). The molecule has 0 aliphatic carbocycles. The van der Waals surface area contributed by atoms with Gasteiger partial charge in [-0.15, -0.1) is 20.4 Å². The van der Waals surface area contributed by atoms with Crippen molar-refractivity contribution >= 4 is 11.7 Å². The first-order valence-corrected chi connectivity index (χ1v) is 5.82. The van der Waals surface area contributed by atoms with Crippen LogP contribution in [0.2, 0.25) is 0 Å². The third-order valence-corrected chi connectivity index (χ3v) is 2.92. The zero-order valence-electron chi connectivity index (χ0n) is 9.56. The maximum absolute atomic E-state index is 4.32. The smallest absolute Gasteiger partial charge is 0.126 e. The monoisotopic (exact) mass is 234 g/mol. The summed E-state index contributed by atoms with van der Waals surface area (Å²) in [5.41, 5.74) is 2.24. The molecule has 0 spiro atoms. The first-order chi connectivity index (χ1) is 8.93. The summed E-state index contributed by atoms with van der Waals surface area (Å²) in [6, 6.07) is 20.2. The van der Waals surface area contributed by atoms with Gasteiger partial charge in [0.1, 0.15) is 0 Å². The lowest BCUT2D eigenvalue weighted by atomic mass is 10.2. The number of amidine groups is 2. The zero-order chi connectivity index (χ0) is 11.9. The Morgan fingerprint density at radius 1 is 0.556 bits per heavy atom. The minimum atomic E-state index is 0.963. The minimum Gasteiger partial charge on any atom is -0.126 e. The van der Waals surface area contributed by atoms with E-state index < -0.39 is 0 Å². The molecule has 0 atom stereocenters. The fourth-order valence-corrected chi connectivity index (χ4v) is 1.92. The summed E-state index contributed by atoms with van der Waals surface area (Å²) in [6.45, 7) is 0. The van der Waals surface area contributed by atoms with Crippen molar-refractivity contribution in [2.24, 2.45) is 10.2 Å². The highest BCUT2D eigenvalue weighted by atomic mass is 16.0. The van der Waals surface area contributed by atoms with Crippen molar-refractivity contribution in [1.29, 1.82) is 0 Å². The van der Waals surface area contributed by atoms with Gasteiger partial charge in [-0.2, -0.15) is 0 Å². The number of nitrogens with zero attached hydrogens (tertiary/aromatic N) is 4. The van der Waals surface area contributed by atoms with Gasteiger partial charge in [0.2, 0.25) is 11.7 Å². The molecule has 4 heteroatoms. The summed E-state index contributed by atoms with van der Waals surface area (Å²) >= 11 is 0. The average molecular weight is 234 g/mol. The van der Waals surface area contributed by atoms with Gasteiger partial charge in [0.05, 0.1) is 0 Å². The second kappa shape index (κ2) is 3.43. The van der Waals surface area contributed by atoms with Gasteiger partial charge in [0.25, 0.3) is 0 Å². The van der Waals surface area contributed by atoms with Crippen molar-refractivity contribution in [2.75, 3.05) is 0 Å². The lowest BCUT2D eigenvalue weighted by molar-refractivity contribution is 0.268. The molecule has 4 nitrogen and oxygen atoms in total. The average Bonchev–Trinajstić information content (AvgIpc) is 3.32. The third kappa shape index (κ3) is 1.47. The second-order valence-corrected chi connectivity index (χ2v) is 4.16. The number of rotatable bonds is 3. The minimum absolute atomic E-state index is 0.963. The SMILES string of the molecule is c1ccc(C2=NN2N2N=C2c2ccccc2)cc1. The van der Waals surface area contributed by atoms with E-state index in [0.717, 1.165) is 22.8 Å². The normalized spacial score (nSPS) is 16.2. The lowest BCUT2D eigenvalue weighted by Crippen LogP contribution is -2.19. The first-order valence-electron chi connectivity index (χ1n) is 5.82. The molecule has 0 aromatic heterocycles. The van der Waals surface area contributed by atoms with E-state index in [1.807, 2.05) is 70.9 Å². The van der Waals surface area contributed by atoms with E-state index in [1.54, 1.807) is 0 Å². The Morgan fingerprint density at radius 2 is 0.944 bits per heavy atom. The Bertz CT molecular complexity index is 587. The van der Waals surface area contributed by atoms with Crippen LogP contribution in [0.1, 0.15) is 11.1 Å². The van der Waals surface area contributed by atoms with Gasteiger partial charge in [-0.25, -0.2) is 0 Å². The van der Waals surface area contributed by atoms with Crippen LogP contribution < -0.4 is 0 Å². The largest absolute Gasteiger partial charge is 0.203 e. The van der Waals surface area contributed by atoms with Crippen LogP contribution in [0.5, 0.6) is 0 Å². The van der Waals surface area contributed by atoms with E-state index in [9.17, 15) is 0 Å². The van der Waals surface area contributed by atoms with Crippen LogP contribution in [-0.4, -0.2) is 21.9 Å². The van der Waals surface area contributed by atoms with Crippen molar-refractivity contribution in [2.45, 2.75) is 0 Å². The van der Waals surface area contributed by atoms with Crippen molar-refractivity contribution in [3.8, 4) is 0 Å². The number of hydrazone groups is 2. The topological polar surface area (TPSA) is 30.7 Å². The highest BCUT2D eigenvalue weighted by Gasteiger charge is 2.41. The highest BCUT2D eigenvalue weighted by Crippen LogP contribution is 2.29. The van der Waals surface area contributed by atoms with Crippen LogP contribution in [0.15, 0.2) is 70.9 Å². The molecule has 0 saturated carbocycles. The Kier molecular flexibility index (Phi) is 1.80. The molecule has 18 heavy (non-hydrogen) atoms. The summed E-state index contributed by atoms with van der Waals surface area (Å²) in [7, 11) is 0. The van der Waals surface area contributed by atoms with Crippen molar-refractivity contribution < 1.29 is 0 Å². The molecule has 2 aromatic rings. The van der Waals surface area contributed by atoms with E-state index in [1.165, 1.54) is 0 Å². The molecule has 86 valence electrons. The Hall–Kier alpha value is -2.62. The summed E-state index contributed by atoms with van der Waals surface area (Å²) in [5, 5.41) is 12.3. The van der Waals surface area contributed by atoms with Gasteiger partial charge in [-0.3, -0.25) is 0 Å². The molecule has 0 unspecified atom stereocenters. The number of hydrazine groups is 1. The van der Waals surface area contributed by atoms with Crippen LogP contribution >= 0.6 is 0 Å². The zero-order valence-corrected chi connectivity index (χ0v) is 9.56. The van der Waals surface area contributed by atoms with Gasteiger partial charge < -0.3 is 0 Å². The number of benzene rings is 2. The van der Waals surface area contributed by atoms with Crippen LogP contribution in [0, 0.1) is 0 Å². The van der Waals surface area contributed by atoms with E-state index in [0.29, 0.717) is 0 Å². The molecule has 0 saturated heterocycles. The second-order valence-electron chi connectivity index (χ2n) is 4.16. The van der Waals surface area contributed by atoms with Crippen LogP contribution in [0.25, 0.3) is 0 Å². The molecule has 0 fully saturated rings. The van der Waals surface area contributed by atoms with Gasteiger partial charge in [-0.1, -0.05) is 60.7 Å². The fraction of sp³-hybridized carbons (Fsp3) is 0. The van der Waals surface area contributed by atoms with Gasteiger partial charge in [0, 0.05) is 11.1 Å². The van der Waals surface area contributed by atoms with Crippen molar-refractivity contribution in [3.63, 3.8) is 0 Å². The summed E-state index contributed by atoms with van der Waals surface area (Å²) < 4.78 is 0. The molecule has 2 heterocycles. The Morgan fingerprint density at radius 3 is 1.33 bits per heavy atom. The molecule has 2 aliphatic rings. The predicted octanol–water partition coefficient (Wildman–Crippen LogP) is 2.26. The van der Waals surface area contributed by atoms with Crippen LogP contribution in [0.4, 0.5) is 0 Å². The molecule has 0 radical (unpaired) electrons. The van der Waals surface area contributed by atoms with Gasteiger partial charge >= 0.3 is 0 Å². The number of hydrogen-bond acceptors (Lipinski definition) is 4. The van der Waals surface area contributed by atoms with E-state index >= 15 is 0 Å². The van der Waals surface area contributed by atoms with Crippen LogP contribution in [0.3, 0.4) is 0 Å². The fourth-order valence-electron chi connectivity index (χ4n) is 1.92. The molecule has 2 aliphatic heterocycles. The van der Waals surface area contributed by atoms with Crippen molar-refractivity contribution in [3.05, 3.63) is 71.8 Å². The first kappa shape index (κ1) is 9.41. The molecular formula is C14H10N4. The van der Waals surface area contributed by atoms with E-state index in [2.05, 4.69) is 10.2 Å². The maximum atomic E-state index is 4.32. The van der Waals surface area contributed by atoms with E-state index in [4.69, 9.17) is 0 Å². The highest BCUT2D eigenvalue weighted by molar-refractivity contribution is 6.11.